The van der Waals surface area contributed by atoms with E-state index in [-0.39, 0.29) is 23.9 Å². The van der Waals surface area contributed by atoms with Crippen molar-refractivity contribution in [1.82, 2.24) is 19.5 Å². The molecule has 0 aliphatic heterocycles. The Morgan fingerprint density at radius 2 is 1.81 bits per heavy atom. The Balaban J connectivity index is 1.53. The largest absolute Gasteiger partial charge is 0.391 e. The molecule has 194 valence electrons. The van der Waals surface area contributed by atoms with Gasteiger partial charge in [0, 0.05) is 12.0 Å². The third kappa shape index (κ3) is 5.30. The van der Waals surface area contributed by atoms with Crippen LogP contribution in [-0.4, -0.2) is 42.7 Å². The van der Waals surface area contributed by atoms with Gasteiger partial charge in [0.2, 0.25) is 17.8 Å². The van der Waals surface area contributed by atoms with Crippen LogP contribution < -0.4 is 16.4 Å². The van der Waals surface area contributed by atoms with Crippen LogP contribution in [0.4, 0.5) is 17.6 Å². The second-order valence-electron chi connectivity index (χ2n) is 9.77. The summed E-state index contributed by atoms with van der Waals surface area (Å²) >= 11 is 12.9. The first-order chi connectivity index (χ1) is 17.8. The molecule has 0 radical (unpaired) electrons. The van der Waals surface area contributed by atoms with E-state index >= 15 is 0 Å². The van der Waals surface area contributed by atoms with Gasteiger partial charge in [-0.3, -0.25) is 9.36 Å². The van der Waals surface area contributed by atoms with Crippen molar-refractivity contribution in [2.24, 2.45) is 11.7 Å². The van der Waals surface area contributed by atoms with Crippen LogP contribution in [0.5, 0.6) is 0 Å². The van der Waals surface area contributed by atoms with Gasteiger partial charge in [-0.25, -0.2) is 9.97 Å². The molecule has 3 aromatic rings. The lowest BCUT2D eigenvalue weighted by Crippen LogP contribution is -2.36. The summed E-state index contributed by atoms with van der Waals surface area (Å²) in [5.41, 5.74) is 7.54. The minimum atomic E-state index is -0.445. The molecule has 0 saturated heterocycles. The normalized spacial score (nSPS) is 23.9. The Labute approximate surface area is 224 Å². The molecule has 2 heterocycles. The highest BCUT2D eigenvalue weighted by molar-refractivity contribution is 6.39. The summed E-state index contributed by atoms with van der Waals surface area (Å²) < 4.78 is 2.00. The Hall–Kier alpha value is -3.13. The smallest absolute Gasteiger partial charge is 0.225 e. The quantitative estimate of drug-likeness (QED) is 0.349. The fraction of sp³-hybridized carbons (Fsp3) is 0.480. The van der Waals surface area contributed by atoms with Gasteiger partial charge in [-0.15, -0.1) is 0 Å². The Morgan fingerprint density at radius 1 is 1.11 bits per heavy atom. The van der Waals surface area contributed by atoms with Crippen LogP contribution in [0, 0.1) is 17.2 Å². The summed E-state index contributed by atoms with van der Waals surface area (Å²) in [6.07, 6.45) is 7.63. The molecule has 5 rings (SSSR count). The molecule has 10 nitrogen and oxygen atoms in total. The molecule has 2 aliphatic rings. The van der Waals surface area contributed by atoms with Crippen molar-refractivity contribution in [3.8, 4) is 6.07 Å². The fourth-order valence-electron chi connectivity index (χ4n) is 5.33. The van der Waals surface area contributed by atoms with Crippen molar-refractivity contribution in [2.45, 2.75) is 69.6 Å². The van der Waals surface area contributed by atoms with Crippen molar-refractivity contribution < 1.29 is 9.90 Å². The van der Waals surface area contributed by atoms with Crippen molar-refractivity contribution in [1.29, 1.82) is 5.26 Å². The van der Waals surface area contributed by atoms with Gasteiger partial charge < -0.3 is 21.5 Å². The number of hydrogen-bond donors (Lipinski definition) is 4. The monoisotopic (exact) mass is 542 g/mol. The minimum Gasteiger partial charge on any atom is -0.391 e. The van der Waals surface area contributed by atoms with Crippen LogP contribution in [0.15, 0.2) is 18.3 Å². The van der Waals surface area contributed by atoms with Gasteiger partial charge in [-0.05, 0) is 50.7 Å². The summed E-state index contributed by atoms with van der Waals surface area (Å²) in [5.74, 6) is 0.481. The lowest BCUT2D eigenvalue weighted by Gasteiger charge is -2.29. The number of nitrogens with zero attached hydrogens (tertiary/aromatic N) is 5. The molecule has 0 bridgehead atoms. The van der Waals surface area contributed by atoms with Crippen molar-refractivity contribution in [3.05, 3.63) is 33.9 Å². The molecule has 2 atom stereocenters. The number of benzene rings is 1. The lowest BCUT2D eigenvalue weighted by atomic mass is 9.85. The van der Waals surface area contributed by atoms with Gasteiger partial charge in [-0.1, -0.05) is 36.0 Å². The van der Waals surface area contributed by atoms with E-state index in [1.54, 1.807) is 6.20 Å². The lowest BCUT2D eigenvalue weighted by molar-refractivity contribution is -0.122. The van der Waals surface area contributed by atoms with E-state index in [1.165, 1.54) is 12.1 Å². The molecular formula is C25H28Cl2N8O2. The maximum Gasteiger partial charge on any atom is 0.225 e. The van der Waals surface area contributed by atoms with Crippen LogP contribution in [0.1, 0.15) is 63.0 Å². The molecule has 5 N–H and O–H groups in total. The molecule has 2 saturated carbocycles. The number of anilines is 3. The zero-order chi connectivity index (χ0) is 26.1. The number of primary amides is 1. The van der Waals surface area contributed by atoms with Gasteiger partial charge in [-0.2, -0.15) is 10.2 Å². The number of amides is 1. The number of aromatic nitrogens is 4. The van der Waals surface area contributed by atoms with Crippen LogP contribution in [0.3, 0.4) is 0 Å². The maximum atomic E-state index is 11.7. The van der Waals surface area contributed by atoms with Crippen LogP contribution >= 0.6 is 23.2 Å². The minimum absolute atomic E-state index is 0.00190. The van der Waals surface area contributed by atoms with E-state index in [2.05, 4.69) is 15.6 Å². The number of fused-ring (bicyclic) bond motifs is 1. The zero-order valence-electron chi connectivity index (χ0n) is 20.1. The Kier molecular flexibility index (Phi) is 7.38. The van der Waals surface area contributed by atoms with Crippen molar-refractivity contribution >= 4 is 57.9 Å². The molecule has 2 aromatic heterocycles. The summed E-state index contributed by atoms with van der Waals surface area (Å²) in [5, 5.41) is 26.8. The summed E-state index contributed by atoms with van der Waals surface area (Å²) in [6.45, 7) is 0. The van der Waals surface area contributed by atoms with Crippen LogP contribution in [0.2, 0.25) is 10.0 Å². The molecular weight excluding hydrogens is 515 g/mol. The first-order valence-electron chi connectivity index (χ1n) is 12.5. The SMILES string of the molecule is N#Cc1cc(Cl)c(Nc2nc3cnc(N[C@H]4CCCC[C@H]4O)nc3n2C2CCC(C(N)=O)CC2)c(Cl)c1. The fourth-order valence-corrected chi connectivity index (χ4v) is 5.91. The highest BCUT2D eigenvalue weighted by atomic mass is 35.5. The van der Waals surface area contributed by atoms with E-state index in [4.69, 9.17) is 38.9 Å². The van der Waals surface area contributed by atoms with Gasteiger partial charge in [0.05, 0.1) is 45.7 Å². The molecule has 12 heteroatoms. The number of aliphatic hydroxyl groups excluding tert-OH is 1. The topological polar surface area (TPSA) is 155 Å². The van der Waals surface area contributed by atoms with E-state index in [1.807, 2.05) is 10.6 Å². The summed E-state index contributed by atoms with van der Waals surface area (Å²) in [7, 11) is 0. The number of nitrogens with two attached hydrogens (primary N) is 1. The number of nitrogens with one attached hydrogen (secondary N) is 2. The predicted octanol–water partition coefficient (Wildman–Crippen LogP) is 4.68. The van der Waals surface area contributed by atoms with Gasteiger partial charge >= 0.3 is 0 Å². The first-order valence-corrected chi connectivity index (χ1v) is 13.2. The average Bonchev–Trinajstić information content (AvgIpc) is 3.24. The Bertz CT molecular complexity index is 1340. The second-order valence-corrected chi connectivity index (χ2v) is 10.6. The first kappa shape index (κ1) is 25.5. The highest BCUT2D eigenvalue weighted by Crippen LogP contribution is 2.39. The number of imidazole rings is 1. The number of hydrogen-bond acceptors (Lipinski definition) is 8. The van der Waals surface area contributed by atoms with E-state index in [9.17, 15) is 15.2 Å². The molecule has 37 heavy (non-hydrogen) atoms. The van der Waals surface area contributed by atoms with Crippen LogP contribution in [-0.2, 0) is 4.79 Å². The Morgan fingerprint density at radius 3 is 2.46 bits per heavy atom. The van der Waals surface area contributed by atoms with Crippen LogP contribution in [0.25, 0.3) is 11.2 Å². The van der Waals surface area contributed by atoms with Gasteiger partial charge in [0.25, 0.3) is 0 Å². The summed E-state index contributed by atoms with van der Waals surface area (Å²) in [6, 6.07) is 5.01. The number of nitriles is 1. The van der Waals surface area contributed by atoms with E-state index in [0.717, 1.165) is 38.5 Å². The number of halogens is 2. The zero-order valence-corrected chi connectivity index (χ0v) is 21.6. The number of carbonyl (C=O) groups is 1. The maximum absolute atomic E-state index is 11.7. The third-order valence-corrected chi connectivity index (χ3v) is 7.95. The number of carbonyl (C=O) groups excluding carboxylic acids is 1. The number of rotatable bonds is 6. The molecule has 0 unspecified atom stereocenters. The summed E-state index contributed by atoms with van der Waals surface area (Å²) in [4.78, 5) is 25.7. The standard InChI is InChI=1S/C25H28Cl2N8O2/c26-16-9-13(11-28)10-17(27)21(16)33-25-32-19-12-30-24(31-18-3-1-2-4-20(18)36)34-23(19)35(25)15-7-5-14(6-8-15)22(29)37/h9-10,12,14-15,18,20,36H,1-8H2,(H2,29,37)(H,32,33)(H,30,31,34)/t14?,15?,18-,20+/m0/s1. The molecule has 2 fully saturated rings. The molecule has 0 spiro atoms. The molecule has 1 amide bonds. The molecule has 2 aliphatic carbocycles. The van der Waals surface area contributed by atoms with Crippen molar-refractivity contribution in [3.63, 3.8) is 0 Å². The highest BCUT2D eigenvalue weighted by Gasteiger charge is 2.30. The van der Waals surface area contributed by atoms with Gasteiger partial charge in [0.1, 0.15) is 5.52 Å². The second kappa shape index (κ2) is 10.7. The average molecular weight is 543 g/mol. The predicted molar refractivity (Wildman–Crippen MR) is 142 cm³/mol. The van der Waals surface area contributed by atoms with Gasteiger partial charge in [0.15, 0.2) is 5.65 Å². The van der Waals surface area contributed by atoms with Crippen molar-refractivity contribution in [2.75, 3.05) is 10.6 Å². The van der Waals surface area contributed by atoms with E-state index < -0.39 is 6.10 Å². The third-order valence-electron chi connectivity index (χ3n) is 7.35. The number of aliphatic hydroxyl groups is 1. The van der Waals surface area contributed by atoms with E-state index in [0.29, 0.717) is 57.2 Å². The molecule has 1 aromatic carbocycles.